The molecule has 0 unspecified atom stereocenters. The van der Waals surface area contributed by atoms with Crippen molar-refractivity contribution in [1.29, 1.82) is 0 Å². The highest BCUT2D eigenvalue weighted by Gasteiger charge is 2.47. The number of carbonyl (C=O) groups is 1. The second-order valence-electron chi connectivity index (χ2n) is 7.68. The first kappa shape index (κ1) is 21.8. The number of hydrogen-bond acceptors (Lipinski definition) is 3. The van der Waals surface area contributed by atoms with E-state index < -0.39 is 35.8 Å². The van der Waals surface area contributed by atoms with Crippen molar-refractivity contribution in [3.05, 3.63) is 82.5 Å². The average molecular weight is 450 g/mol. The first-order valence-electron chi connectivity index (χ1n) is 9.83. The molecule has 4 rings (SSSR count). The predicted octanol–water partition coefficient (Wildman–Crippen LogP) is 5.06. The van der Waals surface area contributed by atoms with Gasteiger partial charge < -0.3 is 10.6 Å². The topological polar surface area (TPSA) is 59.0 Å². The standard InChI is InChI=1S/C22H19F5N4O/c1-12-2-5-14(6-3-12)18-9-19(22(25,26)27)31-20(30-18)15(11-29-31)21(32)28-10-13-4-7-16(23)17(24)8-13/h2-8,11,18-19,30H,9-10H2,1H3,(H,28,32)/t18-,19+/m0/s1. The number of carbonyl (C=O) groups excluding carboxylic acids is 1. The van der Waals surface area contributed by atoms with Gasteiger partial charge in [0.1, 0.15) is 11.4 Å². The van der Waals surface area contributed by atoms with Crippen LogP contribution in [0.2, 0.25) is 0 Å². The number of halogens is 5. The maximum Gasteiger partial charge on any atom is 0.410 e. The second kappa shape index (κ2) is 8.25. The number of aromatic nitrogens is 2. The molecule has 10 heteroatoms. The molecule has 2 atom stereocenters. The van der Waals surface area contributed by atoms with Crippen molar-refractivity contribution in [2.45, 2.75) is 38.1 Å². The molecule has 0 saturated heterocycles. The van der Waals surface area contributed by atoms with E-state index in [9.17, 15) is 26.7 Å². The number of aryl methyl sites for hydroxylation is 1. The zero-order chi connectivity index (χ0) is 23.0. The molecule has 0 fully saturated rings. The minimum Gasteiger partial charge on any atom is -0.363 e. The first-order valence-corrected chi connectivity index (χ1v) is 9.83. The Hall–Kier alpha value is -3.43. The molecule has 1 amide bonds. The Morgan fingerprint density at radius 1 is 1.16 bits per heavy atom. The van der Waals surface area contributed by atoms with Gasteiger partial charge in [-0.05, 0) is 30.2 Å². The van der Waals surface area contributed by atoms with Crippen molar-refractivity contribution in [2.24, 2.45) is 0 Å². The third-order valence-electron chi connectivity index (χ3n) is 5.40. The van der Waals surface area contributed by atoms with Crippen LogP contribution >= 0.6 is 0 Å². The van der Waals surface area contributed by atoms with Crippen LogP contribution in [0.3, 0.4) is 0 Å². The first-order chi connectivity index (χ1) is 15.1. The SMILES string of the molecule is Cc1ccc([C@@H]2C[C@H](C(F)(F)F)n3ncc(C(=O)NCc4ccc(F)c(F)c4)c3N2)cc1. The fourth-order valence-corrected chi connectivity index (χ4v) is 3.67. The molecule has 0 spiro atoms. The Morgan fingerprint density at radius 2 is 1.88 bits per heavy atom. The Labute approximate surface area is 180 Å². The molecule has 1 aliphatic rings. The number of nitrogens with zero attached hydrogens (tertiary/aromatic N) is 2. The molecule has 3 aromatic rings. The normalized spacial score (nSPS) is 18.1. The maximum atomic E-state index is 13.8. The van der Waals surface area contributed by atoms with Crippen molar-refractivity contribution in [1.82, 2.24) is 15.1 Å². The highest BCUT2D eigenvalue weighted by molar-refractivity contribution is 5.98. The average Bonchev–Trinajstić information content (AvgIpc) is 3.17. The van der Waals surface area contributed by atoms with Gasteiger partial charge in [-0.2, -0.15) is 18.3 Å². The van der Waals surface area contributed by atoms with Crippen molar-refractivity contribution in [3.8, 4) is 0 Å². The van der Waals surface area contributed by atoms with Gasteiger partial charge in [-0.3, -0.25) is 4.79 Å². The molecule has 2 heterocycles. The summed E-state index contributed by atoms with van der Waals surface area (Å²) in [6.45, 7) is 1.74. The lowest BCUT2D eigenvalue weighted by Gasteiger charge is -2.34. The number of alkyl halides is 3. The van der Waals surface area contributed by atoms with Gasteiger partial charge in [-0.1, -0.05) is 35.9 Å². The van der Waals surface area contributed by atoms with E-state index in [-0.39, 0.29) is 24.3 Å². The molecule has 168 valence electrons. The van der Waals surface area contributed by atoms with E-state index in [1.54, 1.807) is 24.3 Å². The van der Waals surface area contributed by atoms with Gasteiger partial charge >= 0.3 is 6.18 Å². The number of fused-ring (bicyclic) bond motifs is 1. The van der Waals surface area contributed by atoms with Crippen molar-refractivity contribution in [3.63, 3.8) is 0 Å². The molecule has 32 heavy (non-hydrogen) atoms. The maximum absolute atomic E-state index is 13.8. The fraction of sp³-hybridized carbons (Fsp3) is 0.273. The predicted molar refractivity (Wildman–Crippen MR) is 107 cm³/mol. The summed E-state index contributed by atoms with van der Waals surface area (Å²) in [7, 11) is 0. The molecule has 0 radical (unpaired) electrons. The monoisotopic (exact) mass is 450 g/mol. The minimum atomic E-state index is -4.56. The van der Waals surface area contributed by atoms with E-state index in [1.807, 2.05) is 6.92 Å². The third-order valence-corrected chi connectivity index (χ3v) is 5.40. The summed E-state index contributed by atoms with van der Waals surface area (Å²) >= 11 is 0. The summed E-state index contributed by atoms with van der Waals surface area (Å²) < 4.78 is 68.5. The number of amides is 1. The Bertz CT molecular complexity index is 1140. The molecular weight excluding hydrogens is 431 g/mol. The zero-order valence-electron chi connectivity index (χ0n) is 16.9. The zero-order valence-corrected chi connectivity index (χ0v) is 16.9. The van der Waals surface area contributed by atoms with E-state index in [0.717, 1.165) is 28.6 Å². The van der Waals surface area contributed by atoms with E-state index >= 15 is 0 Å². The van der Waals surface area contributed by atoms with Crippen LogP contribution < -0.4 is 10.6 Å². The van der Waals surface area contributed by atoms with Crippen molar-refractivity contribution >= 4 is 11.7 Å². The number of benzene rings is 2. The van der Waals surface area contributed by atoms with Crippen LogP contribution in [0.25, 0.3) is 0 Å². The molecule has 0 saturated carbocycles. The largest absolute Gasteiger partial charge is 0.410 e. The summed E-state index contributed by atoms with van der Waals surface area (Å²) in [5.74, 6) is -2.81. The molecule has 1 aliphatic heterocycles. The highest BCUT2D eigenvalue weighted by atomic mass is 19.4. The van der Waals surface area contributed by atoms with Gasteiger partial charge in [0.2, 0.25) is 0 Å². The van der Waals surface area contributed by atoms with Gasteiger partial charge in [-0.15, -0.1) is 0 Å². The van der Waals surface area contributed by atoms with Crippen LogP contribution in [0.15, 0.2) is 48.7 Å². The van der Waals surface area contributed by atoms with Crippen LogP contribution in [-0.2, 0) is 6.54 Å². The fourth-order valence-electron chi connectivity index (χ4n) is 3.67. The summed E-state index contributed by atoms with van der Waals surface area (Å²) in [5.41, 5.74) is 1.86. The van der Waals surface area contributed by atoms with Crippen LogP contribution in [0.4, 0.5) is 27.8 Å². The lowest BCUT2D eigenvalue weighted by atomic mass is 9.96. The molecule has 0 aliphatic carbocycles. The number of nitrogens with one attached hydrogen (secondary N) is 2. The summed E-state index contributed by atoms with van der Waals surface area (Å²) in [6.07, 6.45) is -3.78. The molecule has 5 nitrogen and oxygen atoms in total. The van der Waals surface area contributed by atoms with Gasteiger partial charge in [0.05, 0.1) is 12.2 Å². The van der Waals surface area contributed by atoms with Crippen molar-refractivity contribution < 1.29 is 26.7 Å². The van der Waals surface area contributed by atoms with Gasteiger partial charge in [-0.25, -0.2) is 13.5 Å². The van der Waals surface area contributed by atoms with Crippen LogP contribution in [-0.4, -0.2) is 21.9 Å². The summed E-state index contributed by atoms with van der Waals surface area (Å²) in [5, 5.41) is 9.33. The number of hydrogen-bond donors (Lipinski definition) is 2. The van der Waals surface area contributed by atoms with Crippen LogP contribution in [0.1, 0.15) is 45.6 Å². The Kier molecular flexibility index (Phi) is 5.62. The van der Waals surface area contributed by atoms with E-state index in [2.05, 4.69) is 15.7 Å². The van der Waals surface area contributed by atoms with Gasteiger partial charge in [0.25, 0.3) is 5.91 Å². The third kappa shape index (κ3) is 4.30. The van der Waals surface area contributed by atoms with Gasteiger partial charge in [0, 0.05) is 13.0 Å². The lowest BCUT2D eigenvalue weighted by Crippen LogP contribution is -2.36. The molecule has 1 aromatic heterocycles. The quantitative estimate of drug-likeness (QED) is 0.547. The van der Waals surface area contributed by atoms with Crippen LogP contribution in [0, 0.1) is 18.6 Å². The number of rotatable bonds is 4. The highest BCUT2D eigenvalue weighted by Crippen LogP contribution is 2.44. The molecule has 2 aromatic carbocycles. The summed E-state index contributed by atoms with van der Waals surface area (Å²) in [6, 6.07) is 7.69. The molecule has 0 bridgehead atoms. The van der Waals surface area contributed by atoms with Gasteiger partial charge in [0.15, 0.2) is 17.7 Å². The van der Waals surface area contributed by atoms with Crippen molar-refractivity contribution in [2.75, 3.05) is 5.32 Å². The molecule has 2 N–H and O–H groups in total. The number of anilines is 1. The van der Waals surface area contributed by atoms with Crippen LogP contribution in [0.5, 0.6) is 0 Å². The van der Waals surface area contributed by atoms with E-state index in [1.165, 1.54) is 6.07 Å². The van der Waals surface area contributed by atoms with E-state index in [4.69, 9.17) is 0 Å². The lowest BCUT2D eigenvalue weighted by molar-refractivity contribution is -0.173. The molecular formula is C22H19F5N4O. The second-order valence-corrected chi connectivity index (χ2v) is 7.68. The smallest absolute Gasteiger partial charge is 0.363 e. The minimum absolute atomic E-state index is 0.0491. The van der Waals surface area contributed by atoms with E-state index in [0.29, 0.717) is 11.1 Å². The Morgan fingerprint density at radius 3 is 2.53 bits per heavy atom. The Balaban J connectivity index is 1.60. The summed E-state index contributed by atoms with van der Waals surface area (Å²) in [4.78, 5) is 12.7.